The molecule has 2 amide bonds. The lowest BCUT2D eigenvalue weighted by Crippen LogP contribution is -2.52. The van der Waals surface area contributed by atoms with E-state index in [9.17, 15) is 9.59 Å². The summed E-state index contributed by atoms with van der Waals surface area (Å²) in [7, 11) is 0. The lowest BCUT2D eigenvalue weighted by atomic mass is 9.80. The van der Waals surface area contributed by atoms with Crippen molar-refractivity contribution < 1.29 is 9.59 Å². The average Bonchev–Trinajstić information content (AvgIpc) is 2.76. The van der Waals surface area contributed by atoms with Crippen LogP contribution in [0.2, 0.25) is 0 Å². The Kier molecular flexibility index (Phi) is 1.45. The fourth-order valence-corrected chi connectivity index (χ4v) is 4.96. The molecule has 0 aromatic heterocycles. The Bertz CT molecular complexity index is 394. The summed E-state index contributed by atoms with van der Waals surface area (Å²) in [5.74, 6) is 2.01. The van der Waals surface area contributed by atoms with Crippen LogP contribution in [0.4, 0.5) is 0 Å². The summed E-state index contributed by atoms with van der Waals surface area (Å²) in [6.45, 7) is 0. The molecule has 0 saturated heterocycles. The molecular weight excluding hydrogens is 202 g/mol. The van der Waals surface area contributed by atoms with Crippen LogP contribution in [0.1, 0.15) is 32.1 Å². The Balaban J connectivity index is 1.78. The van der Waals surface area contributed by atoms with E-state index in [2.05, 4.69) is 0 Å². The first-order valence-corrected chi connectivity index (χ1v) is 6.25. The van der Waals surface area contributed by atoms with Gasteiger partial charge in [0.1, 0.15) is 0 Å². The Labute approximate surface area is 94.5 Å². The Morgan fingerprint density at radius 1 is 1.00 bits per heavy atom. The SMILES string of the molecule is O=C1C=CC(=O)N1C12CC3CC(CC1C3)C2. The first kappa shape index (κ1) is 8.97. The lowest BCUT2D eigenvalue weighted by molar-refractivity contribution is -0.145. The number of carbonyl (C=O) groups excluding carboxylic acids is 2. The van der Waals surface area contributed by atoms with Crippen LogP contribution in [0.25, 0.3) is 0 Å². The van der Waals surface area contributed by atoms with Crippen LogP contribution in [-0.2, 0) is 9.59 Å². The molecule has 4 bridgehead atoms. The van der Waals surface area contributed by atoms with Gasteiger partial charge in [-0.3, -0.25) is 14.5 Å². The van der Waals surface area contributed by atoms with E-state index >= 15 is 0 Å². The predicted molar refractivity (Wildman–Crippen MR) is 57.3 cm³/mol. The van der Waals surface area contributed by atoms with Crippen molar-refractivity contribution in [1.29, 1.82) is 0 Å². The number of amides is 2. The maximum absolute atomic E-state index is 11.8. The van der Waals surface area contributed by atoms with Crippen molar-refractivity contribution in [3.05, 3.63) is 12.2 Å². The van der Waals surface area contributed by atoms with Gasteiger partial charge in [0, 0.05) is 12.2 Å². The number of carbonyl (C=O) groups is 2. The summed E-state index contributed by atoms with van der Waals surface area (Å²) in [5, 5.41) is 0. The highest BCUT2D eigenvalue weighted by atomic mass is 16.2. The second-order valence-electron chi connectivity index (χ2n) is 5.99. The zero-order chi connectivity index (χ0) is 10.9. The molecule has 0 aromatic rings. The minimum absolute atomic E-state index is 0.0711. The molecule has 2 unspecified atom stereocenters. The molecule has 3 nitrogen and oxygen atoms in total. The molecule has 84 valence electrons. The van der Waals surface area contributed by atoms with Crippen molar-refractivity contribution in [3.8, 4) is 0 Å². The molecule has 5 rings (SSSR count). The van der Waals surface area contributed by atoms with Gasteiger partial charge in [0.2, 0.25) is 0 Å². The van der Waals surface area contributed by atoms with Crippen LogP contribution >= 0.6 is 0 Å². The zero-order valence-electron chi connectivity index (χ0n) is 9.19. The first-order valence-electron chi connectivity index (χ1n) is 6.25. The molecule has 1 aliphatic heterocycles. The molecule has 16 heavy (non-hydrogen) atoms. The van der Waals surface area contributed by atoms with Crippen molar-refractivity contribution in [2.75, 3.05) is 0 Å². The van der Waals surface area contributed by atoms with Crippen LogP contribution in [0.15, 0.2) is 12.2 Å². The van der Waals surface area contributed by atoms with Gasteiger partial charge in [-0.15, -0.1) is 0 Å². The molecule has 4 saturated carbocycles. The van der Waals surface area contributed by atoms with Crippen molar-refractivity contribution in [2.45, 2.75) is 37.6 Å². The van der Waals surface area contributed by atoms with Crippen LogP contribution in [0, 0.1) is 17.8 Å². The monoisotopic (exact) mass is 217 g/mol. The van der Waals surface area contributed by atoms with Crippen molar-refractivity contribution in [1.82, 2.24) is 4.90 Å². The fraction of sp³-hybridized carbons (Fsp3) is 0.692. The molecule has 1 heterocycles. The van der Waals surface area contributed by atoms with Gasteiger partial charge in [0.15, 0.2) is 0 Å². The molecule has 0 N–H and O–H groups in total. The summed E-state index contributed by atoms with van der Waals surface area (Å²) in [5.41, 5.74) is -0.0781. The number of hydrogen-bond acceptors (Lipinski definition) is 2. The van der Waals surface area contributed by atoms with E-state index in [1.54, 1.807) is 4.90 Å². The normalized spacial score (nSPS) is 48.8. The Morgan fingerprint density at radius 2 is 1.56 bits per heavy atom. The van der Waals surface area contributed by atoms with Gasteiger partial charge in [-0.2, -0.15) is 0 Å². The Hall–Kier alpha value is -1.12. The third-order valence-corrected chi connectivity index (χ3v) is 5.20. The van der Waals surface area contributed by atoms with Gasteiger partial charge < -0.3 is 0 Å². The quantitative estimate of drug-likeness (QED) is 0.624. The maximum Gasteiger partial charge on any atom is 0.254 e. The van der Waals surface area contributed by atoms with Gasteiger partial charge in [-0.1, -0.05) is 0 Å². The lowest BCUT2D eigenvalue weighted by Gasteiger charge is -2.39. The molecule has 0 aromatic carbocycles. The van der Waals surface area contributed by atoms with Gasteiger partial charge in [-0.25, -0.2) is 0 Å². The van der Waals surface area contributed by atoms with Gasteiger partial charge >= 0.3 is 0 Å². The van der Waals surface area contributed by atoms with E-state index in [0.717, 1.165) is 24.7 Å². The van der Waals surface area contributed by atoms with Gasteiger partial charge in [0.05, 0.1) is 5.54 Å². The smallest absolute Gasteiger partial charge is 0.254 e. The largest absolute Gasteiger partial charge is 0.269 e. The number of imide groups is 1. The third kappa shape index (κ3) is 0.864. The minimum atomic E-state index is -0.0781. The van der Waals surface area contributed by atoms with E-state index in [-0.39, 0.29) is 17.4 Å². The van der Waals surface area contributed by atoms with Crippen molar-refractivity contribution in [3.63, 3.8) is 0 Å². The van der Waals surface area contributed by atoms with Crippen molar-refractivity contribution >= 4 is 11.8 Å². The number of hydrogen-bond donors (Lipinski definition) is 0. The second kappa shape index (κ2) is 2.58. The second-order valence-corrected chi connectivity index (χ2v) is 5.99. The zero-order valence-corrected chi connectivity index (χ0v) is 9.19. The molecule has 0 radical (unpaired) electrons. The highest BCUT2D eigenvalue weighted by molar-refractivity contribution is 6.13. The minimum Gasteiger partial charge on any atom is -0.269 e. The number of nitrogens with zero attached hydrogens (tertiary/aromatic N) is 1. The highest BCUT2D eigenvalue weighted by Gasteiger charge is 2.62. The summed E-state index contributed by atoms with van der Waals surface area (Å²) < 4.78 is 0. The molecule has 2 atom stereocenters. The van der Waals surface area contributed by atoms with E-state index in [1.807, 2.05) is 0 Å². The van der Waals surface area contributed by atoms with E-state index in [1.165, 1.54) is 31.4 Å². The molecule has 5 aliphatic rings. The average molecular weight is 217 g/mol. The van der Waals surface area contributed by atoms with Crippen LogP contribution < -0.4 is 0 Å². The van der Waals surface area contributed by atoms with Gasteiger partial charge in [0.25, 0.3) is 11.8 Å². The first-order chi connectivity index (χ1) is 7.69. The molecular formula is C13H15NO2. The standard InChI is InChI=1S/C13H15NO2/c15-11-1-2-12(16)14(11)13-6-8-3-9(7-13)5-10(13)4-8/h1-2,8-10H,3-7H2. The number of rotatable bonds is 1. The third-order valence-electron chi connectivity index (χ3n) is 5.20. The topological polar surface area (TPSA) is 37.4 Å². The Morgan fingerprint density at radius 3 is 2.12 bits per heavy atom. The van der Waals surface area contributed by atoms with Crippen LogP contribution in [0.3, 0.4) is 0 Å². The van der Waals surface area contributed by atoms with E-state index in [0.29, 0.717) is 5.92 Å². The van der Waals surface area contributed by atoms with E-state index < -0.39 is 0 Å². The maximum atomic E-state index is 11.8. The summed E-state index contributed by atoms with van der Waals surface area (Å²) in [6, 6.07) is 0. The summed E-state index contributed by atoms with van der Waals surface area (Å²) >= 11 is 0. The van der Waals surface area contributed by atoms with Crippen LogP contribution in [-0.4, -0.2) is 22.3 Å². The summed E-state index contributed by atoms with van der Waals surface area (Å²) in [4.78, 5) is 25.3. The summed E-state index contributed by atoms with van der Waals surface area (Å²) in [6.07, 6.45) is 8.86. The molecule has 4 aliphatic carbocycles. The molecule has 4 fully saturated rings. The predicted octanol–water partition coefficient (Wildman–Crippen LogP) is 1.49. The molecule has 0 spiro atoms. The van der Waals surface area contributed by atoms with Crippen LogP contribution in [0.5, 0.6) is 0 Å². The fourth-order valence-electron chi connectivity index (χ4n) is 4.96. The highest BCUT2D eigenvalue weighted by Crippen LogP contribution is 2.63. The van der Waals surface area contributed by atoms with Crippen molar-refractivity contribution in [2.24, 2.45) is 17.8 Å². The van der Waals surface area contributed by atoms with E-state index in [4.69, 9.17) is 0 Å². The van der Waals surface area contributed by atoms with Gasteiger partial charge in [-0.05, 0) is 49.9 Å². The molecule has 3 heteroatoms.